The highest BCUT2D eigenvalue weighted by molar-refractivity contribution is 7.99. The standard InChI is InChI=1S/C24H29N5O3S2/c1-18-6-9-21(14-19(18)2)29-17-26-27-24(29)33-16-23(30)25-15-20-7-10-22(11-8-20)34(31,32)28-12-4-3-5-13-28/h6-11,14,17H,3-5,12-13,15-16H2,1-2H3,(H,25,30). The van der Waals surface area contributed by atoms with Crippen molar-refractivity contribution in [1.29, 1.82) is 0 Å². The molecule has 1 fully saturated rings. The van der Waals surface area contributed by atoms with E-state index in [1.807, 2.05) is 10.6 Å². The van der Waals surface area contributed by atoms with Crippen molar-refractivity contribution in [2.45, 2.75) is 49.7 Å². The van der Waals surface area contributed by atoms with Crippen LogP contribution in [0.1, 0.15) is 36.0 Å². The van der Waals surface area contributed by atoms with Crippen molar-refractivity contribution in [2.24, 2.45) is 0 Å². The van der Waals surface area contributed by atoms with Crippen LogP contribution in [0.5, 0.6) is 0 Å². The SMILES string of the molecule is Cc1ccc(-n2cnnc2SCC(=O)NCc2ccc(S(=O)(=O)N3CCCCC3)cc2)cc1C. The van der Waals surface area contributed by atoms with Gasteiger partial charge in [0, 0.05) is 25.3 Å². The number of amides is 1. The van der Waals surface area contributed by atoms with Gasteiger partial charge in [0.15, 0.2) is 5.16 Å². The quantitative estimate of drug-likeness (QED) is 0.477. The van der Waals surface area contributed by atoms with Crippen LogP contribution >= 0.6 is 11.8 Å². The Labute approximate surface area is 204 Å². The number of aryl methyl sites for hydroxylation is 2. The van der Waals surface area contributed by atoms with E-state index < -0.39 is 10.0 Å². The number of nitrogens with one attached hydrogen (secondary N) is 1. The third kappa shape index (κ3) is 5.68. The average Bonchev–Trinajstić information content (AvgIpc) is 3.32. The largest absolute Gasteiger partial charge is 0.351 e. The van der Waals surface area contributed by atoms with E-state index in [4.69, 9.17) is 0 Å². The second kappa shape index (κ2) is 10.7. The Hall–Kier alpha value is -2.69. The molecule has 34 heavy (non-hydrogen) atoms. The molecule has 4 rings (SSSR count). The first-order chi connectivity index (χ1) is 16.3. The molecule has 180 valence electrons. The lowest BCUT2D eigenvalue weighted by molar-refractivity contribution is -0.118. The smallest absolute Gasteiger partial charge is 0.243 e. The Kier molecular flexibility index (Phi) is 7.70. The van der Waals surface area contributed by atoms with Gasteiger partial charge in [0.2, 0.25) is 15.9 Å². The fourth-order valence-corrected chi connectivity index (χ4v) is 6.07. The summed E-state index contributed by atoms with van der Waals surface area (Å²) in [6.45, 7) is 5.60. The highest BCUT2D eigenvalue weighted by atomic mass is 32.2. The molecule has 1 aliphatic rings. The van der Waals surface area contributed by atoms with Gasteiger partial charge in [-0.15, -0.1) is 10.2 Å². The van der Waals surface area contributed by atoms with Gasteiger partial charge in [-0.1, -0.05) is 36.4 Å². The molecule has 0 unspecified atom stereocenters. The number of aromatic nitrogens is 3. The van der Waals surface area contributed by atoms with Gasteiger partial charge in [0.05, 0.1) is 10.6 Å². The third-order valence-corrected chi connectivity index (χ3v) is 8.84. The van der Waals surface area contributed by atoms with E-state index in [0.717, 1.165) is 30.5 Å². The summed E-state index contributed by atoms with van der Waals surface area (Å²) in [4.78, 5) is 12.7. The zero-order chi connectivity index (χ0) is 24.1. The maximum absolute atomic E-state index is 12.8. The Morgan fingerprint density at radius 2 is 1.76 bits per heavy atom. The molecule has 1 amide bonds. The highest BCUT2D eigenvalue weighted by Crippen LogP contribution is 2.22. The number of hydrogen-bond acceptors (Lipinski definition) is 6. The van der Waals surface area contributed by atoms with Gasteiger partial charge < -0.3 is 5.32 Å². The Bertz CT molecular complexity index is 1250. The fourth-order valence-electron chi connectivity index (χ4n) is 3.79. The normalized spacial score (nSPS) is 14.8. The lowest BCUT2D eigenvalue weighted by Crippen LogP contribution is -2.35. The molecule has 3 aromatic rings. The van der Waals surface area contributed by atoms with Crippen LogP contribution in [0.2, 0.25) is 0 Å². The first-order valence-corrected chi connectivity index (χ1v) is 13.7. The number of benzene rings is 2. The first-order valence-electron chi connectivity index (χ1n) is 11.3. The summed E-state index contributed by atoms with van der Waals surface area (Å²) < 4.78 is 29.0. The van der Waals surface area contributed by atoms with Crippen LogP contribution in [0.4, 0.5) is 0 Å². The van der Waals surface area contributed by atoms with E-state index in [2.05, 4.69) is 41.5 Å². The van der Waals surface area contributed by atoms with Crippen molar-refractivity contribution in [1.82, 2.24) is 24.4 Å². The molecular weight excluding hydrogens is 470 g/mol. The first kappa shape index (κ1) is 24.4. The summed E-state index contributed by atoms with van der Waals surface area (Å²) in [5, 5.41) is 11.7. The zero-order valence-electron chi connectivity index (χ0n) is 19.4. The molecule has 1 saturated heterocycles. The number of carbonyl (C=O) groups is 1. The molecule has 0 aliphatic carbocycles. The molecule has 0 saturated carbocycles. The van der Waals surface area contributed by atoms with Crippen LogP contribution in [0.25, 0.3) is 5.69 Å². The minimum Gasteiger partial charge on any atom is -0.351 e. The molecular formula is C24H29N5O3S2. The summed E-state index contributed by atoms with van der Waals surface area (Å²) in [5.41, 5.74) is 4.18. The molecule has 2 aromatic carbocycles. The van der Waals surface area contributed by atoms with E-state index in [-0.39, 0.29) is 11.7 Å². The predicted octanol–water partition coefficient (Wildman–Crippen LogP) is 3.47. The number of sulfonamides is 1. The molecule has 2 heterocycles. The average molecular weight is 500 g/mol. The molecule has 1 N–H and O–H groups in total. The van der Waals surface area contributed by atoms with Crippen molar-refractivity contribution >= 4 is 27.7 Å². The summed E-state index contributed by atoms with van der Waals surface area (Å²) in [5.74, 6) is 0.0648. The minimum absolute atomic E-state index is 0.135. The van der Waals surface area contributed by atoms with E-state index in [1.165, 1.54) is 22.9 Å². The maximum atomic E-state index is 12.8. The highest BCUT2D eigenvalue weighted by Gasteiger charge is 2.25. The van der Waals surface area contributed by atoms with Gasteiger partial charge in [0.1, 0.15) is 6.33 Å². The molecule has 1 aliphatic heterocycles. The molecule has 0 radical (unpaired) electrons. The lowest BCUT2D eigenvalue weighted by Gasteiger charge is -2.25. The molecule has 0 spiro atoms. The molecule has 1 aromatic heterocycles. The van der Waals surface area contributed by atoms with Crippen LogP contribution in [-0.4, -0.2) is 52.2 Å². The third-order valence-electron chi connectivity index (χ3n) is 5.98. The monoisotopic (exact) mass is 499 g/mol. The maximum Gasteiger partial charge on any atom is 0.243 e. The van der Waals surface area contributed by atoms with Gasteiger partial charge in [0.25, 0.3) is 0 Å². The topological polar surface area (TPSA) is 97.2 Å². The number of carbonyl (C=O) groups excluding carboxylic acids is 1. The second-order valence-electron chi connectivity index (χ2n) is 8.43. The van der Waals surface area contributed by atoms with E-state index in [0.29, 0.717) is 29.7 Å². The van der Waals surface area contributed by atoms with E-state index in [9.17, 15) is 13.2 Å². The summed E-state index contributed by atoms with van der Waals surface area (Å²) in [7, 11) is -3.45. The number of nitrogens with zero attached hydrogens (tertiary/aromatic N) is 4. The number of hydrogen-bond donors (Lipinski definition) is 1. The Balaban J connectivity index is 1.30. The fraction of sp³-hybridized carbons (Fsp3) is 0.375. The van der Waals surface area contributed by atoms with Gasteiger partial charge in [-0.05, 0) is 67.6 Å². The Morgan fingerprint density at radius 1 is 1.03 bits per heavy atom. The second-order valence-corrected chi connectivity index (χ2v) is 11.3. The minimum atomic E-state index is -3.45. The number of piperidine rings is 1. The van der Waals surface area contributed by atoms with E-state index >= 15 is 0 Å². The van der Waals surface area contributed by atoms with Crippen molar-refractivity contribution in [2.75, 3.05) is 18.8 Å². The summed E-state index contributed by atoms with van der Waals surface area (Å²) >= 11 is 1.32. The van der Waals surface area contributed by atoms with Gasteiger partial charge in [-0.2, -0.15) is 4.31 Å². The number of rotatable bonds is 8. The molecule has 0 bridgehead atoms. The number of thioether (sulfide) groups is 1. The molecule has 0 atom stereocenters. The van der Waals surface area contributed by atoms with Crippen LogP contribution in [-0.2, 0) is 21.4 Å². The van der Waals surface area contributed by atoms with Crippen molar-refractivity contribution in [3.63, 3.8) is 0 Å². The van der Waals surface area contributed by atoms with Gasteiger partial charge in [-0.3, -0.25) is 9.36 Å². The van der Waals surface area contributed by atoms with Crippen molar-refractivity contribution in [3.8, 4) is 5.69 Å². The van der Waals surface area contributed by atoms with Crippen LogP contribution in [0.3, 0.4) is 0 Å². The Morgan fingerprint density at radius 3 is 2.47 bits per heavy atom. The van der Waals surface area contributed by atoms with Crippen molar-refractivity contribution < 1.29 is 13.2 Å². The van der Waals surface area contributed by atoms with Gasteiger partial charge in [-0.25, -0.2) is 8.42 Å². The van der Waals surface area contributed by atoms with E-state index in [1.54, 1.807) is 34.9 Å². The lowest BCUT2D eigenvalue weighted by atomic mass is 10.1. The summed E-state index contributed by atoms with van der Waals surface area (Å²) in [6.07, 6.45) is 4.53. The molecule has 8 nitrogen and oxygen atoms in total. The van der Waals surface area contributed by atoms with Crippen LogP contribution in [0.15, 0.2) is 58.8 Å². The predicted molar refractivity (Wildman–Crippen MR) is 132 cm³/mol. The van der Waals surface area contributed by atoms with Crippen LogP contribution in [0, 0.1) is 13.8 Å². The van der Waals surface area contributed by atoms with Crippen LogP contribution < -0.4 is 5.32 Å². The van der Waals surface area contributed by atoms with Gasteiger partial charge >= 0.3 is 0 Å². The molecule has 10 heteroatoms. The summed E-state index contributed by atoms with van der Waals surface area (Å²) in [6, 6.07) is 12.9. The zero-order valence-corrected chi connectivity index (χ0v) is 21.0. The van der Waals surface area contributed by atoms with Crippen molar-refractivity contribution in [3.05, 3.63) is 65.5 Å².